The highest BCUT2D eigenvalue weighted by Crippen LogP contribution is 2.06. The van der Waals surface area contributed by atoms with Crippen molar-refractivity contribution >= 4 is 0 Å². The monoisotopic (exact) mass is 178 g/mol. The zero-order valence-electron chi connectivity index (χ0n) is 8.29. The summed E-state index contributed by atoms with van der Waals surface area (Å²) in [6.07, 6.45) is 8.12. The summed E-state index contributed by atoms with van der Waals surface area (Å²) in [7, 11) is 0. The number of piperazine rings is 1. The van der Waals surface area contributed by atoms with Crippen molar-refractivity contribution in [2.45, 2.75) is 6.92 Å². The van der Waals surface area contributed by atoms with Crippen LogP contribution < -0.4 is 5.32 Å². The van der Waals surface area contributed by atoms with Gasteiger partial charge in [0.1, 0.15) is 0 Å². The van der Waals surface area contributed by atoms with Crippen molar-refractivity contribution in [1.29, 1.82) is 0 Å². The van der Waals surface area contributed by atoms with Crippen LogP contribution in [0.15, 0.2) is 36.6 Å². The summed E-state index contributed by atoms with van der Waals surface area (Å²) in [5.74, 6) is 0. The van der Waals surface area contributed by atoms with E-state index in [1.807, 2.05) is 19.1 Å². The number of hydrogen-bond acceptors (Lipinski definition) is 2. The molecule has 2 heteroatoms. The molecule has 0 bridgehead atoms. The number of rotatable bonds is 3. The van der Waals surface area contributed by atoms with Crippen molar-refractivity contribution in [1.82, 2.24) is 10.2 Å². The molecule has 1 aliphatic heterocycles. The summed E-state index contributed by atoms with van der Waals surface area (Å²) in [6, 6.07) is 0. The highest BCUT2D eigenvalue weighted by atomic mass is 15.2. The highest BCUT2D eigenvalue weighted by Gasteiger charge is 2.09. The molecule has 1 N–H and O–H groups in total. The summed E-state index contributed by atoms with van der Waals surface area (Å²) in [6.45, 7) is 10.1. The van der Waals surface area contributed by atoms with Gasteiger partial charge in [-0.15, -0.1) is 0 Å². The first-order valence-electron chi connectivity index (χ1n) is 4.79. The molecule has 0 saturated carbocycles. The van der Waals surface area contributed by atoms with E-state index < -0.39 is 0 Å². The SMILES string of the molecule is C=CC(=CC=CC)N1CCNCC1. The summed E-state index contributed by atoms with van der Waals surface area (Å²) in [5.41, 5.74) is 1.22. The van der Waals surface area contributed by atoms with Crippen molar-refractivity contribution in [3.8, 4) is 0 Å². The molecule has 1 saturated heterocycles. The summed E-state index contributed by atoms with van der Waals surface area (Å²) >= 11 is 0. The van der Waals surface area contributed by atoms with Crippen LogP contribution in [0.1, 0.15) is 6.92 Å². The first kappa shape index (κ1) is 10.1. The molecule has 0 spiro atoms. The van der Waals surface area contributed by atoms with Crippen LogP contribution >= 0.6 is 0 Å². The molecule has 0 unspecified atom stereocenters. The molecule has 0 aromatic heterocycles. The second-order valence-electron chi connectivity index (χ2n) is 3.06. The van der Waals surface area contributed by atoms with Crippen molar-refractivity contribution in [3.05, 3.63) is 36.6 Å². The Hall–Kier alpha value is -1.02. The third-order valence-corrected chi connectivity index (χ3v) is 2.15. The second kappa shape index (κ2) is 5.60. The van der Waals surface area contributed by atoms with Crippen LogP contribution in [0.2, 0.25) is 0 Å². The molecular formula is C11H18N2. The molecule has 1 rings (SSSR count). The van der Waals surface area contributed by atoms with E-state index in [2.05, 4.69) is 28.9 Å². The Morgan fingerprint density at radius 1 is 1.38 bits per heavy atom. The van der Waals surface area contributed by atoms with E-state index >= 15 is 0 Å². The molecule has 1 heterocycles. The molecule has 72 valence electrons. The molecule has 13 heavy (non-hydrogen) atoms. The van der Waals surface area contributed by atoms with Gasteiger partial charge in [0, 0.05) is 31.9 Å². The Bertz CT molecular complexity index is 210. The van der Waals surface area contributed by atoms with Gasteiger partial charge >= 0.3 is 0 Å². The highest BCUT2D eigenvalue weighted by molar-refractivity contribution is 5.21. The van der Waals surface area contributed by atoms with Crippen LogP contribution in [0.3, 0.4) is 0 Å². The standard InChI is InChI=1S/C11H18N2/c1-3-5-6-11(4-2)13-9-7-12-8-10-13/h3-6,12H,2,7-10H2,1H3. The van der Waals surface area contributed by atoms with Gasteiger partial charge in [-0.3, -0.25) is 0 Å². The fourth-order valence-corrected chi connectivity index (χ4v) is 1.42. The lowest BCUT2D eigenvalue weighted by molar-refractivity contribution is 0.307. The van der Waals surface area contributed by atoms with Crippen LogP contribution in [0.5, 0.6) is 0 Å². The van der Waals surface area contributed by atoms with Gasteiger partial charge in [-0.1, -0.05) is 18.7 Å². The Labute approximate surface area is 80.6 Å². The summed E-state index contributed by atoms with van der Waals surface area (Å²) in [5, 5.41) is 3.33. The van der Waals surface area contributed by atoms with E-state index in [0.29, 0.717) is 0 Å². The molecule has 0 aliphatic carbocycles. The smallest absolute Gasteiger partial charge is 0.0361 e. The quantitative estimate of drug-likeness (QED) is 0.659. The van der Waals surface area contributed by atoms with Crippen LogP contribution in [0.25, 0.3) is 0 Å². The van der Waals surface area contributed by atoms with Crippen molar-refractivity contribution in [3.63, 3.8) is 0 Å². The maximum absolute atomic E-state index is 3.82. The van der Waals surface area contributed by atoms with Gasteiger partial charge in [-0.25, -0.2) is 0 Å². The van der Waals surface area contributed by atoms with Gasteiger partial charge < -0.3 is 10.2 Å². The van der Waals surface area contributed by atoms with E-state index in [1.165, 1.54) is 5.70 Å². The topological polar surface area (TPSA) is 15.3 Å². The summed E-state index contributed by atoms with van der Waals surface area (Å²) < 4.78 is 0. The van der Waals surface area contributed by atoms with Gasteiger partial charge in [-0.05, 0) is 19.1 Å². The average molecular weight is 178 g/mol. The lowest BCUT2D eigenvalue weighted by Crippen LogP contribution is -2.42. The van der Waals surface area contributed by atoms with Gasteiger partial charge in [0.25, 0.3) is 0 Å². The third-order valence-electron chi connectivity index (χ3n) is 2.15. The fourth-order valence-electron chi connectivity index (χ4n) is 1.42. The fraction of sp³-hybridized carbons (Fsp3) is 0.455. The molecule has 1 fully saturated rings. The Morgan fingerprint density at radius 2 is 2.08 bits per heavy atom. The van der Waals surface area contributed by atoms with E-state index in [9.17, 15) is 0 Å². The third kappa shape index (κ3) is 3.07. The molecular weight excluding hydrogens is 160 g/mol. The van der Waals surface area contributed by atoms with Gasteiger partial charge in [0.2, 0.25) is 0 Å². The van der Waals surface area contributed by atoms with Gasteiger partial charge in [-0.2, -0.15) is 0 Å². The Kier molecular flexibility index (Phi) is 4.33. The zero-order valence-corrected chi connectivity index (χ0v) is 8.29. The van der Waals surface area contributed by atoms with Crippen molar-refractivity contribution < 1.29 is 0 Å². The number of hydrogen-bond donors (Lipinski definition) is 1. The molecule has 0 aromatic carbocycles. The van der Waals surface area contributed by atoms with E-state index in [4.69, 9.17) is 0 Å². The predicted octanol–water partition coefficient (Wildman–Crippen LogP) is 1.54. The minimum absolute atomic E-state index is 1.07. The largest absolute Gasteiger partial charge is 0.369 e. The van der Waals surface area contributed by atoms with Crippen LogP contribution in [0, 0.1) is 0 Å². The lowest BCUT2D eigenvalue weighted by Gasteiger charge is -2.30. The summed E-state index contributed by atoms with van der Waals surface area (Å²) in [4.78, 5) is 2.35. The predicted molar refractivity (Wildman–Crippen MR) is 57.5 cm³/mol. The average Bonchev–Trinajstić information content (AvgIpc) is 2.21. The van der Waals surface area contributed by atoms with Crippen molar-refractivity contribution in [2.75, 3.05) is 26.2 Å². The Morgan fingerprint density at radius 3 is 2.62 bits per heavy atom. The molecule has 0 atom stereocenters. The van der Waals surface area contributed by atoms with Crippen LogP contribution in [0.4, 0.5) is 0 Å². The van der Waals surface area contributed by atoms with Gasteiger partial charge in [0.15, 0.2) is 0 Å². The minimum Gasteiger partial charge on any atom is -0.369 e. The van der Waals surface area contributed by atoms with Crippen LogP contribution in [-0.2, 0) is 0 Å². The normalized spacial score (nSPS) is 19.5. The lowest BCUT2D eigenvalue weighted by atomic mass is 10.2. The molecule has 0 radical (unpaired) electrons. The molecule has 2 nitrogen and oxygen atoms in total. The van der Waals surface area contributed by atoms with Crippen molar-refractivity contribution in [2.24, 2.45) is 0 Å². The second-order valence-corrected chi connectivity index (χ2v) is 3.06. The van der Waals surface area contributed by atoms with E-state index in [-0.39, 0.29) is 0 Å². The maximum Gasteiger partial charge on any atom is 0.0361 e. The van der Waals surface area contributed by atoms with E-state index in [1.54, 1.807) is 0 Å². The molecule has 1 aliphatic rings. The number of nitrogens with one attached hydrogen (secondary N) is 1. The Balaban J connectivity index is 2.58. The first-order valence-corrected chi connectivity index (χ1v) is 4.79. The maximum atomic E-state index is 3.82. The molecule has 0 aromatic rings. The van der Waals surface area contributed by atoms with E-state index in [0.717, 1.165) is 26.2 Å². The zero-order chi connectivity index (χ0) is 9.52. The first-order chi connectivity index (χ1) is 6.38. The van der Waals surface area contributed by atoms with Crippen LogP contribution in [-0.4, -0.2) is 31.1 Å². The number of nitrogens with zero attached hydrogens (tertiary/aromatic N) is 1. The van der Waals surface area contributed by atoms with Gasteiger partial charge in [0.05, 0.1) is 0 Å². The molecule has 0 amide bonds. The minimum atomic E-state index is 1.07. The number of allylic oxidation sites excluding steroid dienone is 4.